The second-order valence-corrected chi connectivity index (χ2v) is 9.76. The summed E-state index contributed by atoms with van der Waals surface area (Å²) in [5, 5.41) is 3.50. The van der Waals surface area contributed by atoms with Crippen LogP contribution in [0.3, 0.4) is 0 Å². The first-order chi connectivity index (χ1) is 16.2. The second-order valence-electron chi connectivity index (χ2n) is 9.76. The molecule has 188 valence electrons. The lowest BCUT2D eigenvalue weighted by molar-refractivity contribution is -0.134. The van der Waals surface area contributed by atoms with Gasteiger partial charge in [0, 0.05) is 70.8 Å². The molecule has 0 saturated carbocycles. The molecule has 4 heterocycles. The number of aromatic nitrogens is 2. The summed E-state index contributed by atoms with van der Waals surface area (Å²) in [6.45, 7) is 12.8. The van der Waals surface area contributed by atoms with E-state index in [9.17, 15) is 13.6 Å². The van der Waals surface area contributed by atoms with Crippen molar-refractivity contribution in [3.8, 4) is 0 Å². The number of nitrogens with zero attached hydrogens (tertiary/aromatic N) is 4. The Balaban J connectivity index is 0.00000342. The van der Waals surface area contributed by atoms with Crippen LogP contribution in [0.25, 0.3) is 5.65 Å². The number of ether oxygens (including phenoxy) is 1. The van der Waals surface area contributed by atoms with Crippen LogP contribution < -0.4 is 5.32 Å². The summed E-state index contributed by atoms with van der Waals surface area (Å²) in [6.07, 6.45) is 6.40. The van der Waals surface area contributed by atoms with Gasteiger partial charge in [0.15, 0.2) is 5.65 Å². The summed E-state index contributed by atoms with van der Waals surface area (Å²) in [5.41, 5.74) is 2.23. The third-order valence-corrected chi connectivity index (χ3v) is 6.77. The summed E-state index contributed by atoms with van der Waals surface area (Å²) in [6, 6.07) is 1.71. The fraction of sp³-hybridized carbons (Fsp3) is 0.600. The molecule has 0 aliphatic carbocycles. The van der Waals surface area contributed by atoms with E-state index in [2.05, 4.69) is 21.8 Å². The van der Waals surface area contributed by atoms with Crippen LogP contribution in [0.2, 0.25) is 0 Å². The summed E-state index contributed by atoms with van der Waals surface area (Å²) in [4.78, 5) is 20.6. The third kappa shape index (κ3) is 5.41. The first kappa shape index (κ1) is 24.6. The normalized spacial score (nSPS) is 20.8. The van der Waals surface area contributed by atoms with Gasteiger partial charge in [0.1, 0.15) is 0 Å². The van der Waals surface area contributed by atoms with Crippen LogP contribution in [-0.4, -0.2) is 76.6 Å². The van der Waals surface area contributed by atoms with Crippen LogP contribution in [-0.2, 0) is 15.5 Å². The molecule has 2 saturated heterocycles. The van der Waals surface area contributed by atoms with Gasteiger partial charge in [-0.3, -0.25) is 4.79 Å². The van der Waals surface area contributed by atoms with E-state index in [-0.39, 0.29) is 31.0 Å². The highest BCUT2D eigenvalue weighted by Gasteiger charge is 2.29. The van der Waals surface area contributed by atoms with Crippen molar-refractivity contribution >= 4 is 17.2 Å². The van der Waals surface area contributed by atoms with E-state index < -0.39 is 5.92 Å². The van der Waals surface area contributed by atoms with E-state index in [4.69, 9.17) is 4.74 Å². The molecule has 1 amide bonds. The number of pyridine rings is 1. The van der Waals surface area contributed by atoms with Crippen LogP contribution in [0.5, 0.6) is 0 Å². The average Bonchev–Trinajstić information content (AvgIpc) is 3.24. The number of hydrogen-bond acceptors (Lipinski definition) is 5. The average molecular weight is 478 g/mol. The summed E-state index contributed by atoms with van der Waals surface area (Å²) >= 11 is 0. The molecule has 2 aliphatic rings. The number of anilines is 1. The summed E-state index contributed by atoms with van der Waals surface area (Å²) in [5.74, 6) is -2.82. The van der Waals surface area contributed by atoms with Gasteiger partial charge in [0.25, 0.3) is 5.92 Å². The third-order valence-electron chi connectivity index (χ3n) is 6.77. The van der Waals surface area contributed by atoms with Crippen LogP contribution in [0, 0.1) is 0 Å². The minimum absolute atomic E-state index is 0. The highest BCUT2D eigenvalue weighted by atomic mass is 19.3. The van der Waals surface area contributed by atoms with Gasteiger partial charge in [-0.15, -0.1) is 0 Å². The van der Waals surface area contributed by atoms with Crippen LogP contribution in [0.15, 0.2) is 31.1 Å². The Morgan fingerprint density at radius 1 is 1.38 bits per heavy atom. The standard InChI is InChI=1S/C25H35F2N5O2.H2/c1-5-23(33)31-10-11-34-20(16-31)15-30-8-6-19(7-9-30)29-21-12-18(25(4,26)27)14-32-22(17(2)3)13-28-24(21)32;/h5,12-14,17,19-20,29H,1,6-11,15-16H2,2-4H3;1H/t20-;/m1./s1. The topological polar surface area (TPSA) is 62.1 Å². The predicted octanol–water partition coefficient (Wildman–Crippen LogP) is 4.11. The van der Waals surface area contributed by atoms with Crippen LogP contribution >= 0.6 is 0 Å². The molecule has 0 radical (unpaired) electrons. The maximum Gasteiger partial charge on any atom is 0.272 e. The molecule has 9 heteroatoms. The number of carbonyl (C=O) groups is 1. The van der Waals surface area contributed by atoms with Crippen molar-refractivity contribution in [1.29, 1.82) is 0 Å². The molecular weight excluding hydrogens is 440 g/mol. The van der Waals surface area contributed by atoms with E-state index in [0.717, 1.165) is 45.1 Å². The maximum absolute atomic E-state index is 14.2. The lowest BCUT2D eigenvalue weighted by Crippen LogP contribution is -2.51. The minimum atomic E-state index is -2.94. The highest BCUT2D eigenvalue weighted by molar-refractivity contribution is 5.87. The number of carbonyl (C=O) groups excluding carboxylic acids is 1. The molecule has 1 atom stereocenters. The van der Waals surface area contributed by atoms with Gasteiger partial charge in [-0.05, 0) is 30.9 Å². The van der Waals surface area contributed by atoms with Gasteiger partial charge >= 0.3 is 0 Å². The van der Waals surface area contributed by atoms with E-state index >= 15 is 0 Å². The number of nitrogens with one attached hydrogen (secondary N) is 1. The predicted molar refractivity (Wildman–Crippen MR) is 131 cm³/mol. The minimum Gasteiger partial charge on any atom is -0.379 e. The molecular formula is C25H37F2N5O2. The zero-order chi connectivity index (χ0) is 24.5. The van der Waals surface area contributed by atoms with E-state index in [1.165, 1.54) is 12.3 Å². The molecule has 2 aromatic heterocycles. The fourth-order valence-electron chi connectivity index (χ4n) is 4.81. The molecule has 2 aliphatic heterocycles. The van der Waals surface area contributed by atoms with Gasteiger partial charge in [-0.1, -0.05) is 20.4 Å². The smallest absolute Gasteiger partial charge is 0.272 e. The highest BCUT2D eigenvalue weighted by Crippen LogP contribution is 2.33. The number of halogens is 2. The number of piperidine rings is 1. The van der Waals surface area contributed by atoms with Crippen molar-refractivity contribution in [3.05, 3.63) is 42.4 Å². The lowest BCUT2D eigenvalue weighted by atomic mass is 10.0. The number of amides is 1. The number of hydrogen-bond donors (Lipinski definition) is 1. The van der Waals surface area contributed by atoms with Crippen molar-refractivity contribution < 1.29 is 19.7 Å². The molecule has 0 aromatic carbocycles. The molecule has 4 rings (SSSR count). The Morgan fingerprint density at radius 3 is 2.76 bits per heavy atom. The number of fused-ring (bicyclic) bond motifs is 1. The SMILES string of the molecule is C=CC(=O)N1CCO[C@H](CN2CCC(Nc3cc(C(C)(F)F)cn4c(C(C)C)cnc34)CC2)C1.[HH]. The van der Waals surface area contributed by atoms with Gasteiger partial charge < -0.3 is 24.3 Å². The van der Waals surface area contributed by atoms with Gasteiger partial charge in [-0.2, -0.15) is 0 Å². The zero-order valence-corrected chi connectivity index (χ0v) is 20.3. The van der Waals surface area contributed by atoms with Crippen molar-refractivity contribution in [1.82, 2.24) is 19.2 Å². The lowest BCUT2D eigenvalue weighted by Gasteiger charge is -2.38. The monoisotopic (exact) mass is 477 g/mol. The first-order valence-corrected chi connectivity index (χ1v) is 12.1. The molecule has 2 aromatic rings. The number of imidazole rings is 1. The van der Waals surface area contributed by atoms with E-state index in [1.54, 1.807) is 21.6 Å². The van der Waals surface area contributed by atoms with Crippen molar-refractivity contribution in [3.63, 3.8) is 0 Å². The zero-order valence-electron chi connectivity index (χ0n) is 20.3. The largest absolute Gasteiger partial charge is 0.379 e. The number of rotatable bonds is 7. The van der Waals surface area contributed by atoms with E-state index in [1.807, 2.05) is 13.8 Å². The second kappa shape index (κ2) is 10.00. The molecule has 7 nitrogen and oxygen atoms in total. The number of alkyl halides is 2. The summed E-state index contributed by atoms with van der Waals surface area (Å²) < 4.78 is 36.2. The fourth-order valence-corrected chi connectivity index (χ4v) is 4.81. The van der Waals surface area contributed by atoms with Crippen molar-refractivity contribution in [2.75, 3.05) is 44.6 Å². The van der Waals surface area contributed by atoms with E-state index in [0.29, 0.717) is 31.0 Å². The van der Waals surface area contributed by atoms with Gasteiger partial charge in [-0.25, -0.2) is 13.8 Å². The Bertz CT molecular complexity index is 1030. The molecule has 34 heavy (non-hydrogen) atoms. The first-order valence-electron chi connectivity index (χ1n) is 12.1. The number of morpholine rings is 1. The van der Waals surface area contributed by atoms with Gasteiger partial charge in [0.05, 0.1) is 18.4 Å². The molecule has 1 N–H and O–H groups in total. The molecule has 0 unspecified atom stereocenters. The quantitative estimate of drug-likeness (QED) is 0.609. The molecule has 0 spiro atoms. The van der Waals surface area contributed by atoms with Gasteiger partial charge in [0.2, 0.25) is 5.91 Å². The Morgan fingerprint density at radius 2 is 2.12 bits per heavy atom. The Labute approximate surface area is 201 Å². The summed E-state index contributed by atoms with van der Waals surface area (Å²) in [7, 11) is 0. The van der Waals surface area contributed by atoms with Crippen LogP contribution in [0.1, 0.15) is 52.2 Å². The maximum atomic E-state index is 14.2. The van der Waals surface area contributed by atoms with Crippen molar-refractivity contribution in [2.45, 2.75) is 57.6 Å². The molecule has 2 fully saturated rings. The van der Waals surface area contributed by atoms with Crippen LogP contribution in [0.4, 0.5) is 14.5 Å². The number of likely N-dealkylation sites (tertiary alicyclic amines) is 1. The van der Waals surface area contributed by atoms with Crippen molar-refractivity contribution in [2.24, 2.45) is 0 Å². The molecule has 0 bridgehead atoms. The Kier molecular flexibility index (Phi) is 7.23. The Hall–Kier alpha value is -2.52.